The van der Waals surface area contributed by atoms with E-state index in [1.165, 1.54) is 12.4 Å². The molecule has 0 unspecified atom stereocenters. The van der Waals surface area contributed by atoms with Gasteiger partial charge in [-0.1, -0.05) is 48.5 Å². The standard InChI is InChI=1S/C23H18FN3O/c24-21-15-19(10-11-22(21)27-13-12-25-16-27)26-23(28)20-9-5-4-8-18(20)14-17-6-2-1-3-7-17/h1-13,15-16H,14H2,(H,26,28). The highest BCUT2D eigenvalue weighted by Crippen LogP contribution is 2.20. The molecule has 28 heavy (non-hydrogen) atoms. The second-order valence-electron chi connectivity index (χ2n) is 6.41. The molecule has 0 saturated carbocycles. The van der Waals surface area contributed by atoms with Gasteiger partial charge in [0.15, 0.2) is 0 Å². The molecule has 0 bridgehead atoms. The third-order valence-electron chi connectivity index (χ3n) is 4.49. The second-order valence-corrected chi connectivity index (χ2v) is 6.41. The first kappa shape index (κ1) is 17.7. The highest BCUT2D eigenvalue weighted by atomic mass is 19.1. The maximum Gasteiger partial charge on any atom is 0.255 e. The molecule has 0 spiro atoms. The molecule has 1 heterocycles. The number of carbonyl (C=O) groups is 1. The molecule has 4 aromatic rings. The largest absolute Gasteiger partial charge is 0.322 e. The fourth-order valence-electron chi connectivity index (χ4n) is 3.11. The molecular formula is C23H18FN3O. The van der Waals surface area contributed by atoms with E-state index in [2.05, 4.69) is 10.3 Å². The normalized spacial score (nSPS) is 10.6. The number of halogens is 1. The Balaban J connectivity index is 1.55. The summed E-state index contributed by atoms with van der Waals surface area (Å²) in [5, 5.41) is 2.79. The van der Waals surface area contributed by atoms with Crippen LogP contribution in [0.25, 0.3) is 5.69 Å². The van der Waals surface area contributed by atoms with Crippen molar-refractivity contribution in [2.75, 3.05) is 5.32 Å². The van der Waals surface area contributed by atoms with Gasteiger partial charge in [-0.15, -0.1) is 0 Å². The number of nitrogens with zero attached hydrogens (tertiary/aromatic N) is 2. The Kier molecular flexibility index (Phi) is 4.97. The number of benzene rings is 3. The van der Waals surface area contributed by atoms with Gasteiger partial charge >= 0.3 is 0 Å². The molecule has 0 aliphatic heterocycles. The van der Waals surface area contributed by atoms with E-state index in [0.717, 1.165) is 11.1 Å². The Hall–Kier alpha value is -3.73. The van der Waals surface area contributed by atoms with E-state index >= 15 is 0 Å². The number of hydrogen-bond donors (Lipinski definition) is 1. The summed E-state index contributed by atoms with van der Waals surface area (Å²) < 4.78 is 16.0. The summed E-state index contributed by atoms with van der Waals surface area (Å²) in [6.07, 6.45) is 5.42. The minimum atomic E-state index is -0.437. The van der Waals surface area contributed by atoms with Gasteiger partial charge in [-0.2, -0.15) is 0 Å². The fraction of sp³-hybridized carbons (Fsp3) is 0.0435. The molecule has 1 N–H and O–H groups in total. The van der Waals surface area contributed by atoms with E-state index < -0.39 is 5.82 Å². The number of anilines is 1. The van der Waals surface area contributed by atoms with Crippen LogP contribution in [-0.2, 0) is 6.42 Å². The first-order valence-electron chi connectivity index (χ1n) is 8.92. The summed E-state index contributed by atoms with van der Waals surface area (Å²) in [4.78, 5) is 16.7. The molecule has 4 nitrogen and oxygen atoms in total. The molecule has 0 radical (unpaired) electrons. The Morgan fingerprint density at radius 3 is 2.54 bits per heavy atom. The molecule has 0 fully saturated rings. The molecule has 1 aromatic heterocycles. The first-order chi connectivity index (χ1) is 13.7. The molecule has 0 aliphatic rings. The maximum absolute atomic E-state index is 14.4. The lowest BCUT2D eigenvalue weighted by Gasteiger charge is -2.12. The summed E-state index contributed by atoms with van der Waals surface area (Å²) in [6, 6.07) is 22.0. The van der Waals surface area contributed by atoms with Crippen molar-refractivity contribution >= 4 is 11.6 Å². The number of aromatic nitrogens is 2. The van der Waals surface area contributed by atoms with Gasteiger partial charge in [-0.25, -0.2) is 9.37 Å². The molecule has 138 valence electrons. The van der Waals surface area contributed by atoms with Gasteiger partial charge in [0.2, 0.25) is 0 Å². The summed E-state index contributed by atoms with van der Waals surface area (Å²) in [6.45, 7) is 0. The van der Waals surface area contributed by atoms with E-state index in [9.17, 15) is 9.18 Å². The third kappa shape index (κ3) is 3.83. The number of imidazole rings is 1. The van der Waals surface area contributed by atoms with E-state index in [4.69, 9.17) is 0 Å². The molecular weight excluding hydrogens is 353 g/mol. The zero-order valence-electron chi connectivity index (χ0n) is 15.0. The number of rotatable bonds is 5. The zero-order chi connectivity index (χ0) is 19.3. The Morgan fingerprint density at radius 2 is 1.79 bits per heavy atom. The molecule has 0 saturated heterocycles. The van der Waals surface area contributed by atoms with Crippen LogP contribution in [0, 0.1) is 5.82 Å². The molecule has 0 atom stereocenters. The number of nitrogens with one attached hydrogen (secondary N) is 1. The van der Waals surface area contributed by atoms with Gasteiger partial charge in [-0.05, 0) is 41.8 Å². The van der Waals surface area contributed by atoms with Crippen molar-refractivity contribution in [3.63, 3.8) is 0 Å². The average Bonchev–Trinajstić information content (AvgIpc) is 3.24. The van der Waals surface area contributed by atoms with Gasteiger partial charge in [0.05, 0.1) is 12.0 Å². The van der Waals surface area contributed by atoms with E-state index in [1.54, 1.807) is 35.2 Å². The van der Waals surface area contributed by atoms with Crippen LogP contribution in [-0.4, -0.2) is 15.5 Å². The lowest BCUT2D eigenvalue weighted by Crippen LogP contribution is -2.14. The van der Waals surface area contributed by atoms with Gasteiger partial charge in [0, 0.05) is 23.6 Å². The Labute approximate surface area is 162 Å². The highest BCUT2D eigenvalue weighted by Gasteiger charge is 2.13. The minimum absolute atomic E-state index is 0.263. The Morgan fingerprint density at radius 1 is 1.00 bits per heavy atom. The minimum Gasteiger partial charge on any atom is -0.322 e. The average molecular weight is 371 g/mol. The Bertz CT molecular complexity index is 1090. The smallest absolute Gasteiger partial charge is 0.255 e. The molecule has 5 heteroatoms. The summed E-state index contributed by atoms with van der Waals surface area (Å²) >= 11 is 0. The van der Waals surface area contributed by atoms with Crippen LogP contribution < -0.4 is 5.32 Å². The van der Waals surface area contributed by atoms with Gasteiger partial charge in [-0.3, -0.25) is 4.79 Å². The van der Waals surface area contributed by atoms with Crippen LogP contribution >= 0.6 is 0 Å². The van der Waals surface area contributed by atoms with Crippen molar-refractivity contribution in [2.24, 2.45) is 0 Å². The van der Waals surface area contributed by atoms with E-state index in [-0.39, 0.29) is 5.91 Å². The zero-order valence-corrected chi connectivity index (χ0v) is 15.0. The predicted molar refractivity (Wildman–Crippen MR) is 107 cm³/mol. The van der Waals surface area contributed by atoms with Crippen molar-refractivity contribution in [1.29, 1.82) is 0 Å². The molecule has 4 rings (SSSR count). The highest BCUT2D eigenvalue weighted by molar-refractivity contribution is 6.05. The number of amides is 1. The van der Waals surface area contributed by atoms with Gasteiger partial charge in [0.25, 0.3) is 5.91 Å². The topological polar surface area (TPSA) is 46.9 Å². The van der Waals surface area contributed by atoms with Crippen molar-refractivity contribution < 1.29 is 9.18 Å². The summed E-state index contributed by atoms with van der Waals surface area (Å²) in [5.41, 5.74) is 3.39. The maximum atomic E-state index is 14.4. The SMILES string of the molecule is O=C(Nc1ccc(-n2ccnc2)c(F)c1)c1ccccc1Cc1ccccc1. The second kappa shape index (κ2) is 7.88. The van der Waals surface area contributed by atoms with Crippen LogP contribution in [0.3, 0.4) is 0 Å². The van der Waals surface area contributed by atoms with Crippen LogP contribution in [0.1, 0.15) is 21.5 Å². The van der Waals surface area contributed by atoms with Crippen molar-refractivity contribution in [2.45, 2.75) is 6.42 Å². The van der Waals surface area contributed by atoms with Crippen molar-refractivity contribution in [3.05, 3.63) is 114 Å². The van der Waals surface area contributed by atoms with Gasteiger partial charge < -0.3 is 9.88 Å². The van der Waals surface area contributed by atoms with Crippen LogP contribution in [0.5, 0.6) is 0 Å². The first-order valence-corrected chi connectivity index (χ1v) is 8.92. The molecule has 0 aliphatic carbocycles. The molecule has 1 amide bonds. The third-order valence-corrected chi connectivity index (χ3v) is 4.49. The number of carbonyl (C=O) groups excluding carboxylic acids is 1. The van der Waals surface area contributed by atoms with Crippen LogP contribution in [0.2, 0.25) is 0 Å². The van der Waals surface area contributed by atoms with Gasteiger partial charge in [0.1, 0.15) is 5.82 Å². The monoisotopic (exact) mass is 371 g/mol. The molecule has 3 aromatic carbocycles. The van der Waals surface area contributed by atoms with Crippen molar-refractivity contribution in [1.82, 2.24) is 9.55 Å². The predicted octanol–water partition coefficient (Wildman–Crippen LogP) is 4.85. The van der Waals surface area contributed by atoms with E-state index in [1.807, 2.05) is 48.5 Å². The van der Waals surface area contributed by atoms with E-state index in [0.29, 0.717) is 23.4 Å². The lowest BCUT2D eigenvalue weighted by molar-refractivity contribution is 0.102. The van der Waals surface area contributed by atoms with Crippen molar-refractivity contribution in [3.8, 4) is 5.69 Å². The fourth-order valence-corrected chi connectivity index (χ4v) is 3.11. The summed E-state index contributed by atoms with van der Waals surface area (Å²) in [7, 11) is 0. The lowest BCUT2D eigenvalue weighted by atomic mass is 9.99. The summed E-state index contributed by atoms with van der Waals surface area (Å²) in [5.74, 6) is -0.699. The quantitative estimate of drug-likeness (QED) is 0.545. The number of hydrogen-bond acceptors (Lipinski definition) is 2. The van der Waals surface area contributed by atoms with Crippen LogP contribution in [0.4, 0.5) is 10.1 Å². The van der Waals surface area contributed by atoms with Crippen LogP contribution in [0.15, 0.2) is 91.5 Å².